The van der Waals surface area contributed by atoms with E-state index >= 15 is 0 Å². The lowest BCUT2D eigenvalue weighted by molar-refractivity contribution is 0.122. The summed E-state index contributed by atoms with van der Waals surface area (Å²) in [6, 6.07) is 8.07. The minimum Gasteiger partial charge on any atom is -0.378 e. The summed E-state index contributed by atoms with van der Waals surface area (Å²) in [5, 5.41) is 3.78. The second-order valence-corrected chi connectivity index (χ2v) is 6.65. The van der Waals surface area contributed by atoms with E-state index in [0.29, 0.717) is 17.5 Å². The molecule has 23 heavy (non-hydrogen) atoms. The van der Waals surface area contributed by atoms with Crippen molar-refractivity contribution in [2.75, 3.05) is 36.5 Å². The van der Waals surface area contributed by atoms with Crippen molar-refractivity contribution in [1.29, 1.82) is 0 Å². The Bertz CT molecular complexity index is 672. The van der Waals surface area contributed by atoms with Crippen molar-refractivity contribution < 1.29 is 4.74 Å². The van der Waals surface area contributed by atoms with Crippen LogP contribution in [0.2, 0.25) is 5.15 Å². The summed E-state index contributed by atoms with van der Waals surface area (Å²) < 4.78 is 6.52. The van der Waals surface area contributed by atoms with Crippen molar-refractivity contribution in [3.05, 3.63) is 45.3 Å². The van der Waals surface area contributed by atoms with Crippen molar-refractivity contribution >= 4 is 39.0 Å². The van der Waals surface area contributed by atoms with E-state index in [4.69, 9.17) is 16.3 Å². The highest BCUT2D eigenvalue weighted by molar-refractivity contribution is 9.10. The van der Waals surface area contributed by atoms with Gasteiger partial charge in [0, 0.05) is 35.9 Å². The molecule has 1 fully saturated rings. The molecule has 0 amide bonds. The molecule has 1 saturated heterocycles. The van der Waals surface area contributed by atoms with Gasteiger partial charge in [0.2, 0.25) is 0 Å². The van der Waals surface area contributed by atoms with Crippen molar-refractivity contribution in [3.63, 3.8) is 0 Å². The molecule has 122 valence electrons. The highest BCUT2D eigenvalue weighted by Crippen LogP contribution is 2.27. The van der Waals surface area contributed by atoms with E-state index in [2.05, 4.69) is 54.3 Å². The van der Waals surface area contributed by atoms with Crippen LogP contribution in [-0.2, 0) is 11.3 Å². The largest absolute Gasteiger partial charge is 0.378 e. The number of ether oxygens (including phenoxy) is 1. The molecule has 0 spiro atoms. The topological polar surface area (TPSA) is 50.3 Å². The molecule has 1 aromatic heterocycles. The van der Waals surface area contributed by atoms with Gasteiger partial charge in [-0.1, -0.05) is 33.6 Å². The molecule has 2 aromatic rings. The van der Waals surface area contributed by atoms with Crippen LogP contribution in [0.15, 0.2) is 28.7 Å². The van der Waals surface area contributed by atoms with Gasteiger partial charge in [-0.2, -0.15) is 0 Å². The van der Waals surface area contributed by atoms with Gasteiger partial charge in [0.25, 0.3) is 0 Å². The highest BCUT2D eigenvalue weighted by Gasteiger charge is 2.15. The maximum atomic E-state index is 5.99. The Balaban J connectivity index is 1.79. The maximum Gasteiger partial charge on any atom is 0.134 e. The molecular formula is C16H18BrClN4O. The molecule has 1 N–H and O–H groups in total. The van der Waals surface area contributed by atoms with Gasteiger partial charge in [-0.15, -0.1) is 0 Å². The fraction of sp³-hybridized carbons (Fsp3) is 0.375. The van der Waals surface area contributed by atoms with Crippen LogP contribution in [0.4, 0.5) is 11.5 Å². The molecule has 3 rings (SSSR count). The molecule has 0 atom stereocenters. The lowest BCUT2D eigenvalue weighted by Gasteiger charge is -2.31. The van der Waals surface area contributed by atoms with Gasteiger partial charge in [0.05, 0.1) is 13.2 Å². The molecule has 0 unspecified atom stereocenters. The van der Waals surface area contributed by atoms with Gasteiger partial charge in [-0.25, -0.2) is 9.97 Å². The number of aryl methyl sites for hydroxylation is 1. The third-order valence-electron chi connectivity index (χ3n) is 3.67. The number of anilines is 2. The number of hydrogen-bond donors (Lipinski definition) is 1. The van der Waals surface area contributed by atoms with E-state index in [1.807, 2.05) is 6.92 Å². The first-order valence-corrected chi connectivity index (χ1v) is 8.65. The van der Waals surface area contributed by atoms with E-state index in [0.717, 1.165) is 36.6 Å². The third-order valence-corrected chi connectivity index (χ3v) is 4.35. The van der Waals surface area contributed by atoms with Crippen LogP contribution in [0.5, 0.6) is 0 Å². The van der Waals surface area contributed by atoms with Gasteiger partial charge in [0.1, 0.15) is 16.8 Å². The SMILES string of the molecule is Cc1nc(Cl)cc(NCc2ccc(Br)cc2N2CCOCC2)n1. The zero-order valence-electron chi connectivity index (χ0n) is 12.9. The van der Waals surface area contributed by atoms with Gasteiger partial charge in [0.15, 0.2) is 0 Å². The maximum absolute atomic E-state index is 5.99. The van der Waals surface area contributed by atoms with Crippen LogP contribution in [0.1, 0.15) is 11.4 Å². The summed E-state index contributed by atoms with van der Waals surface area (Å²) in [6.45, 7) is 5.84. The van der Waals surface area contributed by atoms with Crippen LogP contribution in [0.25, 0.3) is 0 Å². The molecule has 5 nitrogen and oxygen atoms in total. The smallest absolute Gasteiger partial charge is 0.134 e. The van der Waals surface area contributed by atoms with Gasteiger partial charge in [-0.3, -0.25) is 0 Å². The number of morpholine rings is 1. The standard InChI is InChI=1S/C16H18BrClN4O/c1-11-20-15(18)9-16(21-11)19-10-12-2-3-13(17)8-14(12)22-4-6-23-7-5-22/h2-3,8-9H,4-7,10H2,1H3,(H,19,20,21). The summed E-state index contributed by atoms with van der Waals surface area (Å²) in [7, 11) is 0. The molecule has 0 radical (unpaired) electrons. The van der Waals surface area contributed by atoms with Crippen molar-refractivity contribution in [1.82, 2.24) is 9.97 Å². The lowest BCUT2D eigenvalue weighted by Crippen LogP contribution is -2.36. The molecule has 0 aliphatic carbocycles. The number of benzene rings is 1. The second-order valence-electron chi connectivity index (χ2n) is 5.35. The molecule has 1 aromatic carbocycles. The Morgan fingerprint density at radius 2 is 2.04 bits per heavy atom. The van der Waals surface area contributed by atoms with Crippen LogP contribution < -0.4 is 10.2 Å². The summed E-state index contributed by atoms with van der Waals surface area (Å²) in [6.07, 6.45) is 0. The average molecular weight is 398 g/mol. The van der Waals surface area contributed by atoms with Gasteiger partial charge < -0.3 is 15.0 Å². The highest BCUT2D eigenvalue weighted by atomic mass is 79.9. The number of halogens is 2. The zero-order chi connectivity index (χ0) is 16.2. The molecule has 7 heteroatoms. The van der Waals surface area contributed by atoms with Crippen LogP contribution in [0.3, 0.4) is 0 Å². The Kier molecular flexibility index (Phi) is 5.35. The monoisotopic (exact) mass is 396 g/mol. The molecule has 1 aliphatic rings. The molecule has 2 heterocycles. The van der Waals surface area contributed by atoms with Gasteiger partial charge in [-0.05, 0) is 24.6 Å². The average Bonchev–Trinajstić information content (AvgIpc) is 2.53. The Morgan fingerprint density at radius 1 is 1.26 bits per heavy atom. The predicted molar refractivity (Wildman–Crippen MR) is 96.3 cm³/mol. The normalized spacial score (nSPS) is 14.8. The Labute approximate surface area is 149 Å². The first-order chi connectivity index (χ1) is 11.1. The van der Waals surface area contributed by atoms with Crippen LogP contribution in [-0.4, -0.2) is 36.3 Å². The van der Waals surface area contributed by atoms with E-state index in [1.165, 1.54) is 11.3 Å². The van der Waals surface area contributed by atoms with Crippen molar-refractivity contribution in [2.24, 2.45) is 0 Å². The number of rotatable bonds is 4. The number of nitrogens with one attached hydrogen (secondary N) is 1. The minimum atomic E-state index is 0.448. The lowest BCUT2D eigenvalue weighted by atomic mass is 10.1. The zero-order valence-corrected chi connectivity index (χ0v) is 15.2. The first-order valence-electron chi connectivity index (χ1n) is 7.48. The number of aromatic nitrogens is 2. The molecule has 1 aliphatic heterocycles. The van der Waals surface area contributed by atoms with E-state index < -0.39 is 0 Å². The van der Waals surface area contributed by atoms with Gasteiger partial charge >= 0.3 is 0 Å². The minimum absolute atomic E-state index is 0.448. The van der Waals surface area contributed by atoms with E-state index in [-0.39, 0.29) is 0 Å². The molecular weight excluding hydrogens is 380 g/mol. The summed E-state index contributed by atoms with van der Waals surface area (Å²) in [5.41, 5.74) is 2.43. The fourth-order valence-corrected chi connectivity index (χ4v) is 3.17. The fourth-order valence-electron chi connectivity index (χ4n) is 2.59. The second kappa shape index (κ2) is 7.47. The first kappa shape index (κ1) is 16.5. The van der Waals surface area contributed by atoms with Crippen LogP contribution >= 0.6 is 27.5 Å². The molecule has 0 bridgehead atoms. The van der Waals surface area contributed by atoms with E-state index in [9.17, 15) is 0 Å². The summed E-state index contributed by atoms with van der Waals surface area (Å²) >= 11 is 9.55. The third kappa shape index (κ3) is 4.34. The summed E-state index contributed by atoms with van der Waals surface area (Å²) in [5.74, 6) is 1.39. The number of nitrogens with zero attached hydrogens (tertiary/aromatic N) is 3. The quantitative estimate of drug-likeness (QED) is 0.798. The van der Waals surface area contributed by atoms with Crippen molar-refractivity contribution in [2.45, 2.75) is 13.5 Å². The van der Waals surface area contributed by atoms with Crippen LogP contribution in [0, 0.1) is 6.92 Å². The van der Waals surface area contributed by atoms with E-state index in [1.54, 1.807) is 6.07 Å². The number of hydrogen-bond acceptors (Lipinski definition) is 5. The molecule has 0 saturated carbocycles. The Morgan fingerprint density at radius 3 is 2.78 bits per heavy atom. The predicted octanol–water partition coefficient (Wildman–Crippen LogP) is 3.65. The van der Waals surface area contributed by atoms with Crippen molar-refractivity contribution in [3.8, 4) is 0 Å². The summed E-state index contributed by atoms with van der Waals surface area (Å²) in [4.78, 5) is 10.8. The Hall–Kier alpha value is -1.37.